The van der Waals surface area contributed by atoms with Gasteiger partial charge < -0.3 is 4.18 Å². The van der Waals surface area contributed by atoms with Gasteiger partial charge in [0, 0.05) is 0 Å². The van der Waals surface area contributed by atoms with E-state index in [4.69, 9.17) is 0 Å². The number of hydrogen-bond donors (Lipinski definition) is 0. The average molecular weight is 212 g/mol. The molecule has 14 heavy (non-hydrogen) atoms. The molecule has 0 aliphatic carbocycles. The van der Waals surface area contributed by atoms with E-state index in [1.807, 2.05) is 30.3 Å². The van der Waals surface area contributed by atoms with Gasteiger partial charge in [0.25, 0.3) is 0 Å². The Labute approximate surface area is 84.1 Å². The van der Waals surface area contributed by atoms with Crippen LogP contribution in [0.25, 0.3) is 0 Å². The van der Waals surface area contributed by atoms with E-state index in [1.165, 1.54) is 6.26 Å². The van der Waals surface area contributed by atoms with Crippen molar-refractivity contribution in [2.24, 2.45) is 0 Å². The van der Waals surface area contributed by atoms with E-state index in [0.717, 1.165) is 11.8 Å². The van der Waals surface area contributed by atoms with E-state index in [9.17, 15) is 8.42 Å². The molecule has 0 saturated carbocycles. The highest BCUT2D eigenvalue weighted by atomic mass is 32.2. The van der Waals surface area contributed by atoms with Crippen LogP contribution < -0.4 is 0 Å². The lowest BCUT2D eigenvalue weighted by Crippen LogP contribution is -1.96. The molecule has 76 valence electrons. The average Bonchev–Trinajstić information content (AvgIpc) is 2.13. The zero-order chi connectivity index (χ0) is 10.4. The molecule has 1 aromatic carbocycles. The molecule has 1 aromatic rings. The molecule has 0 amide bonds. The zero-order valence-corrected chi connectivity index (χ0v) is 8.70. The van der Waals surface area contributed by atoms with E-state index in [2.05, 4.69) is 4.18 Å². The van der Waals surface area contributed by atoms with Crippen LogP contribution >= 0.6 is 0 Å². The molecule has 0 fully saturated rings. The predicted octanol–water partition coefficient (Wildman–Crippen LogP) is 1.72. The van der Waals surface area contributed by atoms with Crippen LogP contribution in [0.1, 0.15) is 5.56 Å². The Morgan fingerprint density at radius 1 is 1.29 bits per heavy atom. The summed E-state index contributed by atoms with van der Waals surface area (Å²) in [7, 11) is -3.37. The van der Waals surface area contributed by atoms with Crippen molar-refractivity contribution >= 4 is 10.1 Å². The molecule has 0 atom stereocenters. The topological polar surface area (TPSA) is 43.4 Å². The fraction of sp³-hybridized carbons (Fsp3) is 0.200. The minimum absolute atomic E-state index is 0.663. The largest absolute Gasteiger partial charge is 0.391 e. The molecule has 0 aliphatic heterocycles. The first-order chi connectivity index (χ1) is 6.58. The summed E-state index contributed by atoms with van der Waals surface area (Å²) >= 11 is 0. The summed E-state index contributed by atoms with van der Waals surface area (Å²) < 4.78 is 25.6. The smallest absolute Gasteiger partial charge is 0.305 e. The van der Waals surface area contributed by atoms with Crippen molar-refractivity contribution in [1.29, 1.82) is 0 Å². The number of allylic oxidation sites excluding steroid dienone is 1. The fourth-order valence-corrected chi connectivity index (χ4v) is 1.22. The van der Waals surface area contributed by atoms with Crippen molar-refractivity contribution < 1.29 is 12.6 Å². The first kappa shape index (κ1) is 10.8. The van der Waals surface area contributed by atoms with Crippen LogP contribution in [0.15, 0.2) is 42.7 Å². The standard InChI is InChI=1S/C10H12O3S/c1-14(11,12)13-9-5-8-10-6-3-2-4-7-10/h2-7,9H,8H2,1H3/b9-5+. The lowest BCUT2D eigenvalue weighted by atomic mass is 10.2. The molecule has 0 heterocycles. The minimum Gasteiger partial charge on any atom is -0.391 e. The summed E-state index contributed by atoms with van der Waals surface area (Å²) in [6, 6.07) is 9.72. The Kier molecular flexibility index (Phi) is 3.71. The second kappa shape index (κ2) is 4.81. The molecule has 0 bridgehead atoms. The van der Waals surface area contributed by atoms with Gasteiger partial charge in [0.15, 0.2) is 0 Å². The molecule has 0 radical (unpaired) electrons. The van der Waals surface area contributed by atoms with Gasteiger partial charge in [-0.3, -0.25) is 0 Å². The molecule has 0 aromatic heterocycles. The SMILES string of the molecule is CS(=O)(=O)O/C=C/Cc1ccccc1. The maximum Gasteiger partial charge on any atom is 0.305 e. The summed E-state index contributed by atoms with van der Waals surface area (Å²) in [5, 5.41) is 0. The highest BCUT2D eigenvalue weighted by Gasteiger charge is 1.95. The minimum atomic E-state index is -3.37. The summed E-state index contributed by atoms with van der Waals surface area (Å²) in [6.07, 6.45) is 4.54. The molecule has 0 aliphatic rings. The van der Waals surface area contributed by atoms with E-state index in [1.54, 1.807) is 6.08 Å². The van der Waals surface area contributed by atoms with Crippen LogP contribution in [-0.4, -0.2) is 14.7 Å². The lowest BCUT2D eigenvalue weighted by molar-refractivity contribution is 0.448. The van der Waals surface area contributed by atoms with Crippen LogP contribution in [0.5, 0.6) is 0 Å². The lowest BCUT2D eigenvalue weighted by Gasteiger charge is -1.95. The quantitative estimate of drug-likeness (QED) is 0.563. The Morgan fingerprint density at radius 2 is 1.93 bits per heavy atom. The number of benzene rings is 1. The van der Waals surface area contributed by atoms with Crippen molar-refractivity contribution in [3.05, 3.63) is 48.2 Å². The van der Waals surface area contributed by atoms with Crippen LogP contribution in [0.2, 0.25) is 0 Å². The first-order valence-corrected chi connectivity index (χ1v) is 5.97. The normalized spacial score (nSPS) is 11.8. The molecule has 0 N–H and O–H groups in total. The van der Waals surface area contributed by atoms with Crippen LogP contribution in [0.4, 0.5) is 0 Å². The van der Waals surface area contributed by atoms with E-state index < -0.39 is 10.1 Å². The van der Waals surface area contributed by atoms with Crippen LogP contribution in [-0.2, 0) is 20.7 Å². The van der Waals surface area contributed by atoms with Crippen molar-refractivity contribution in [3.63, 3.8) is 0 Å². The molecule has 3 nitrogen and oxygen atoms in total. The van der Waals surface area contributed by atoms with Gasteiger partial charge in [0.1, 0.15) is 6.26 Å². The molecule has 0 saturated heterocycles. The maximum atomic E-state index is 10.6. The van der Waals surface area contributed by atoms with E-state index in [0.29, 0.717) is 6.42 Å². The van der Waals surface area contributed by atoms with Crippen molar-refractivity contribution in [3.8, 4) is 0 Å². The highest BCUT2D eigenvalue weighted by molar-refractivity contribution is 7.86. The second-order valence-corrected chi connectivity index (χ2v) is 4.46. The monoisotopic (exact) mass is 212 g/mol. The van der Waals surface area contributed by atoms with Gasteiger partial charge >= 0.3 is 10.1 Å². The predicted molar refractivity (Wildman–Crippen MR) is 55.2 cm³/mol. The second-order valence-electron chi connectivity index (χ2n) is 2.86. The van der Waals surface area contributed by atoms with E-state index in [-0.39, 0.29) is 0 Å². The molecule has 4 heteroatoms. The highest BCUT2D eigenvalue weighted by Crippen LogP contribution is 2.00. The van der Waals surface area contributed by atoms with Gasteiger partial charge in [-0.25, -0.2) is 0 Å². The van der Waals surface area contributed by atoms with Gasteiger partial charge in [-0.1, -0.05) is 30.3 Å². The molecular weight excluding hydrogens is 200 g/mol. The van der Waals surface area contributed by atoms with Gasteiger partial charge in [-0.2, -0.15) is 8.42 Å². The number of rotatable bonds is 4. The molecular formula is C10H12O3S. The van der Waals surface area contributed by atoms with Gasteiger partial charge in [0.05, 0.1) is 6.26 Å². The third-order valence-corrected chi connectivity index (χ3v) is 1.98. The van der Waals surface area contributed by atoms with Gasteiger partial charge in [0.2, 0.25) is 0 Å². The Bertz CT molecular complexity index is 393. The maximum absolute atomic E-state index is 10.6. The molecule has 1 rings (SSSR count). The summed E-state index contributed by atoms with van der Waals surface area (Å²) in [6.45, 7) is 0. The Hall–Kier alpha value is -1.29. The summed E-state index contributed by atoms with van der Waals surface area (Å²) in [5.41, 5.74) is 1.11. The molecule has 0 unspecified atom stereocenters. The fourth-order valence-electron chi connectivity index (χ4n) is 0.938. The number of hydrogen-bond acceptors (Lipinski definition) is 3. The van der Waals surface area contributed by atoms with Crippen molar-refractivity contribution in [2.75, 3.05) is 6.26 Å². The Morgan fingerprint density at radius 3 is 2.50 bits per heavy atom. The van der Waals surface area contributed by atoms with Crippen molar-refractivity contribution in [2.45, 2.75) is 6.42 Å². The van der Waals surface area contributed by atoms with Gasteiger partial charge in [-0.05, 0) is 18.1 Å². The third kappa shape index (κ3) is 4.67. The van der Waals surface area contributed by atoms with Gasteiger partial charge in [-0.15, -0.1) is 0 Å². The summed E-state index contributed by atoms with van der Waals surface area (Å²) in [4.78, 5) is 0. The van der Waals surface area contributed by atoms with Crippen LogP contribution in [0, 0.1) is 0 Å². The molecule has 0 spiro atoms. The van der Waals surface area contributed by atoms with E-state index >= 15 is 0 Å². The first-order valence-electron chi connectivity index (χ1n) is 4.15. The Balaban J connectivity index is 2.42. The summed E-state index contributed by atoms with van der Waals surface area (Å²) in [5.74, 6) is 0. The third-order valence-electron chi connectivity index (χ3n) is 1.52. The zero-order valence-electron chi connectivity index (χ0n) is 7.88. The van der Waals surface area contributed by atoms with Crippen molar-refractivity contribution in [1.82, 2.24) is 0 Å². The van der Waals surface area contributed by atoms with Crippen LogP contribution in [0.3, 0.4) is 0 Å².